The van der Waals surface area contributed by atoms with Crippen LogP contribution in [0.15, 0.2) is 24.3 Å². The predicted octanol–water partition coefficient (Wildman–Crippen LogP) is 2.88. The number of carbonyl (C=O) groups is 1. The summed E-state index contributed by atoms with van der Waals surface area (Å²) in [6.07, 6.45) is 4.65. The first-order valence-electron chi connectivity index (χ1n) is 9.80. The largest absolute Gasteiger partial charge is 0.390 e. The second-order valence-electron chi connectivity index (χ2n) is 9.48. The Hall–Kier alpha value is -2.15. The summed E-state index contributed by atoms with van der Waals surface area (Å²) in [5.74, 6) is 1.36. The number of amides is 1. The zero-order valence-corrected chi connectivity index (χ0v) is 15.7. The minimum atomic E-state index is -0.665. The topological polar surface area (TPSA) is 86.9 Å². The number of anilines is 1. The summed E-state index contributed by atoms with van der Waals surface area (Å²) in [5, 5.41) is 25.7. The predicted molar refractivity (Wildman–Crippen MR) is 98.8 cm³/mol. The summed E-state index contributed by atoms with van der Waals surface area (Å²) >= 11 is 0. The van der Waals surface area contributed by atoms with E-state index in [0.717, 1.165) is 37.8 Å². The van der Waals surface area contributed by atoms with Crippen LogP contribution in [0.1, 0.15) is 46.0 Å². The Morgan fingerprint density at radius 3 is 2.22 bits per heavy atom. The maximum absolute atomic E-state index is 13.1. The molecule has 1 N–H and O–H groups in total. The summed E-state index contributed by atoms with van der Waals surface area (Å²) < 4.78 is 0. The highest BCUT2D eigenvalue weighted by Crippen LogP contribution is 2.58. The molecule has 6 rings (SSSR count). The van der Waals surface area contributed by atoms with Crippen molar-refractivity contribution in [3.8, 4) is 0 Å². The van der Waals surface area contributed by atoms with Crippen molar-refractivity contribution in [3.05, 3.63) is 34.4 Å². The van der Waals surface area contributed by atoms with Crippen molar-refractivity contribution < 1.29 is 14.8 Å². The number of aliphatic hydroxyl groups is 1. The molecule has 2 unspecified atom stereocenters. The third kappa shape index (κ3) is 2.27. The lowest BCUT2D eigenvalue weighted by atomic mass is 9.52. The summed E-state index contributed by atoms with van der Waals surface area (Å²) in [4.78, 5) is 23.6. The van der Waals surface area contributed by atoms with Gasteiger partial charge in [0.1, 0.15) is 5.54 Å². The monoisotopic (exact) mass is 371 g/mol. The molecule has 1 heterocycles. The van der Waals surface area contributed by atoms with Crippen LogP contribution >= 0.6 is 0 Å². The summed E-state index contributed by atoms with van der Waals surface area (Å²) in [6, 6.07) is 6.56. The molecule has 144 valence electrons. The molecule has 0 radical (unpaired) electrons. The normalized spacial score (nSPS) is 38.9. The van der Waals surface area contributed by atoms with Crippen molar-refractivity contribution in [2.24, 2.45) is 17.8 Å². The van der Waals surface area contributed by atoms with E-state index in [1.54, 1.807) is 12.1 Å². The Morgan fingerprint density at radius 1 is 1.11 bits per heavy atom. The lowest BCUT2D eigenvalue weighted by Crippen LogP contribution is -2.80. The van der Waals surface area contributed by atoms with Crippen LogP contribution in [0, 0.1) is 27.9 Å². The van der Waals surface area contributed by atoms with Crippen LogP contribution in [-0.4, -0.2) is 38.1 Å². The van der Waals surface area contributed by atoms with Gasteiger partial charge in [0.05, 0.1) is 22.3 Å². The molecule has 1 aliphatic heterocycles. The minimum Gasteiger partial charge on any atom is -0.390 e. The van der Waals surface area contributed by atoms with E-state index in [9.17, 15) is 20.0 Å². The zero-order chi connectivity index (χ0) is 19.1. The van der Waals surface area contributed by atoms with Crippen molar-refractivity contribution in [1.29, 1.82) is 0 Å². The molecule has 5 aliphatic rings. The fraction of sp³-hybridized carbons (Fsp3) is 0.650. The third-order valence-electron chi connectivity index (χ3n) is 7.26. The van der Waals surface area contributed by atoms with Crippen LogP contribution in [0.5, 0.6) is 0 Å². The van der Waals surface area contributed by atoms with Gasteiger partial charge in [-0.15, -0.1) is 0 Å². The van der Waals surface area contributed by atoms with Gasteiger partial charge in [-0.05, 0) is 75.8 Å². The SMILES string of the molecule is CC1(C)C(=O)N([C@H]2C3CC4CC2C[C@@](O)(C4)C3)N1c1ccc([N+](=O)[O-])cc1. The van der Waals surface area contributed by atoms with Crippen LogP contribution in [0.2, 0.25) is 0 Å². The van der Waals surface area contributed by atoms with Gasteiger partial charge in [-0.3, -0.25) is 19.9 Å². The second-order valence-corrected chi connectivity index (χ2v) is 9.48. The molecule has 1 aromatic carbocycles. The van der Waals surface area contributed by atoms with Gasteiger partial charge >= 0.3 is 0 Å². The highest BCUT2D eigenvalue weighted by molar-refractivity contribution is 5.98. The molecule has 1 aromatic rings. The molecule has 2 atom stereocenters. The Balaban J connectivity index is 1.48. The van der Waals surface area contributed by atoms with E-state index in [-0.39, 0.29) is 17.6 Å². The van der Waals surface area contributed by atoms with Crippen molar-refractivity contribution in [1.82, 2.24) is 5.01 Å². The number of nitro benzene ring substituents is 1. The number of nitro groups is 1. The lowest BCUT2D eigenvalue weighted by Gasteiger charge is -2.67. The Morgan fingerprint density at radius 2 is 1.70 bits per heavy atom. The highest BCUT2D eigenvalue weighted by Gasteiger charge is 2.63. The molecule has 7 nitrogen and oxygen atoms in total. The molecular weight excluding hydrogens is 346 g/mol. The van der Waals surface area contributed by atoms with Gasteiger partial charge in [0.25, 0.3) is 11.6 Å². The van der Waals surface area contributed by atoms with E-state index in [1.807, 2.05) is 23.9 Å². The van der Waals surface area contributed by atoms with Gasteiger partial charge in [0.15, 0.2) is 0 Å². The Bertz CT molecular complexity index is 805. The number of non-ortho nitro benzene ring substituents is 1. The van der Waals surface area contributed by atoms with Gasteiger partial charge < -0.3 is 5.11 Å². The molecular formula is C20H25N3O4. The molecule has 4 saturated carbocycles. The molecule has 7 heteroatoms. The second kappa shape index (κ2) is 5.22. The van der Waals surface area contributed by atoms with E-state index in [2.05, 4.69) is 0 Å². The minimum absolute atomic E-state index is 0.0480. The van der Waals surface area contributed by atoms with Crippen LogP contribution < -0.4 is 5.01 Å². The third-order valence-corrected chi connectivity index (χ3v) is 7.26. The number of carbonyl (C=O) groups excluding carboxylic acids is 1. The maximum Gasteiger partial charge on any atom is 0.269 e. The van der Waals surface area contributed by atoms with E-state index in [1.165, 1.54) is 12.1 Å². The fourth-order valence-corrected chi connectivity index (χ4v) is 6.47. The van der Waals surface area contributed by atoms with Crippen LogP contribution in [0.25, 0.3) is 0 Å². The standard InChI is InChI=1S/C20H25N3O4/c1-19(2)18(24)21(22(19)15-3-5-16(6-4-15)23(26)27)17-13-7-12-8-14(17)11-20(25,9-12)10-13/h3-6,12-14,17,25H,7-11H2,1-2H3/t12?,13?,14?,17-,20+. The van der Waals surface area contributed by atoms with Crippen molar-refractivity contribution in [2.75, 3.05) is 5.01 Å². The number of benzene rings is 1. The van der Waals surface area contributed by atoms with Crippen LogP contribution in [0.3, 0.4) is 0 Å². The summed E-state index contributed by atoms with van der Waals surface area (Å²) in [7, 11) is 0. The molecule has 27 heavy (non-hydrogen) atoms. The molecule has 4 bridgehead atoms. The van der Waals surface area contributed by atoms with Gasteiger partial charge in [0.2, 0.25) is 0 Å². The average molecular weight is 371 g/mol. The molecule has 1 saturated heterocycles. The van der Waals surface area contributed by atoms with Gasteiger partial charge in [-0.2, -0.15) is 0 Å². The number of hydrogen-bond donors (Lipinski definition) is 1. The summed E-state index contributed by atoms with van der Waals surface area (Å²) in [6.45, 7) is 3.80. The molecule has 0 spiro atoms. The van der Waals surface area contributed by atoms with Gasteiger partial charge in [-0.25, -0.2) is 5.01 Å². The molecule has 0 aromatic heterocycles. The van der Waals surface area contributed by atoms with E-state index in [0.29, 0.717) is 17.8 Å². The first kappa shape index (κ1) is 17.0. The number of hydrogen-bond acceptors (Lipinski definition) is 5. The van der Waals surface area contributed by atoms with Crippen LogP contribution in [0.4, 0.5) is 11.4 Å². The first-order valence-corrected chi connectivity index (χ1v) is 9.80. The number of hydrazine groups is 1. The molecule has 1 amide bonds. The average Bonchev–Trinajstić information content (AvgIpc) is 2.58. The fourth-order valence-electron chi connectivity index (χ4n) is 6.47. The van der Waals surface area contributed by atoms with Crippen LogP contribution in [-0.2, 0) is 4.79 Å². The highest BCUT2D eigenvalue weighted by atomic mass is 16.6. The smallest absolute Gasteiger partial charge is 0.269 e. The lowest BCUT2D eigenvalue weighted by molar-refractivity contribution is -0.384. The number of nitrogens with zero attached hydrogens (tertiary/aromatic N) is 3. The Kier molecular flexibility index (Phi) is 3.28. The summed E-state index contributed by atoms with van der Waals surface area (Å²) in [5.41, 5.74) is -0.347. The number of rotatable bonds is 3. The van der Waals surface area contributed by atoms with E-state index < -0.39 is 16.1 Å². The van der Waals surface area contributed by atoms with Crippen molar-refractivity contribution in [2.45, 2.75) is 63.1 Å². The van der Waals surface area contributed by atoms with Gasteiger partial charge in [0, 0.05) is 12.1 Å². The Labute approximate surface area is 158 Å². The van der Waals surface area contributed by atoms with Gasteiger partial charge in [-0.1, -0.05) is 0 Å². The van der Waals surface area contributed by atoms with E-state index in [4.69, 9.17) is 0 Å². The molecule has 5 fully saturated rings. The molecule has 4 aliphatic carbocycles. The maximum atomic E-state index is 13.1. The van der Waals surface area contributed by atoms with Crippen molar-refractivity contribution >= 4 is 17.3 Å². The van der Waals surface area contributed by atoms with Crippen molar-refractivity contribution in [3.63, 3.8) is 0 Å². The zero-order valence-electron chi connectivity index (χ0n) is 15.7. The quantitative estimate of drug-likeness (QED) is 0.652. The first-order chi connectivity index (χ1) is 12.7. The van der Waals surface area contributed by atoms with E-state index >= 15 is 0 Å².